The number of hydrogen-bond acceptors (Lipinski definition) is 5. The van der Waals surface area contributed by atoms with Gasteiger partial charge in [0.2, 0.25) is 0 Å². The lowest BCUT2D eigenvalue weighted by atomic mass is 9.93. The minimum atomic E-state index is -0.268. The Labute approximate surface area is 196 Å². The number of rotatable bonds is 9. The maximum atomic E-state index is 15.0. The second-order valence-corrected chi connectivity index (χ2v) is 9.24. The number of thiophene rings is 1. The maximum Gasteiger partial charge on any atom is 0.265 e. The van der Waals surface area contributed by atoms with Crippen molar-refractivity contribution >= 4 is 41.0 Å². The molecule has 3 aromatic rings. The molecule has 4 nitrogen and oxygen atoms in total. The van der Waals surface area contributed by atoms with Crippen molar-refractivity contribution in [3.8, 4) is 11.1 Å². The van der Waals surface area contributed by atoms with Gasteiger partial charge in [-0.25, -0.2) is 4.39 Å². The van der Waals surface area contributed by atoms with Crippen LogP contribution in [-0.4, -0.2) is 13.0 Å². The summed E-state index contributed by atoms with van der Waals surface area (Å²) in [6.07, 6.45) is 5.98. The van der Waals surface area contributed by atoms with Gasteiger partial charge in [-0.3, -0.25) is 9.52 Å². The van der Waals surface area contributed by atoms with Gasteiger partial charge in [-0.05, 0) is 97.2 Å². The summed E-state index contributed by atoms with van der Waals surface area (Å²) in [5.74, 6) is -0.404. The van der Waals surface area contributed by atoms with Crippen molar-refractivity contribution in [1.82, 2.24) is 10.0 Å². The number of halogens is 1. The quantitative estimate of drug-likeness (QED) is 0.310. The van der Waals surface area contributed by atoms with E-state index in [1.807, 2.05) is 56.3 Å². The first-order chi connectivity index (χ1) is 15.5. The molecule has 7 heteroatoms. The number of anilines is 1. The van der Waals surface area contributed by atoms with E-state index in [1.54, 1.807) is 25.5 Å². The Morgan fingerprint density at radius 1 is 1.22 bits per heavy atom. The molecular weight excluding hydrogens is 441 g/mol. The monoisotopic (exact) mass is 467 g/mol. The van der Waals surface area contributed by atoms with Gasteiger partial charge in [0.15, 0.2) is 0 Å². The van der Waals surface area contributed by atoms with Gasteiger partial charge in [0.05, 0.1) is 9.77 Å². The molecule has 1 heterocycles. The summed E-state index contributed by atoms with van der Waals surface area (Å²) in [6.45, 7) is 7.65. The van der Waals surface area contributed by atoms with Crippen molar-refractivity contribution in [3.63, 3.8) is 0 Å². The second kappa shape index (κ2) is 11.1. The normalized spacial score (nSPS) is 11.0. The van der Waals surface area contributed by atoms with Crippen LogP contribution in [0.5, 0.6) is 0 Å². The zero-order chi connectivity index (χ0) is 23.1. The number of aryl methyl sites for hydroxylation is 1. The molecule has 0 spiro atoms. The number of hydrogen-bond donors (Lipinski definition) is 3. The lowest BCUT2D eigenvalue weighted by Gasteiger charge is -2.17. The molecule has 1 amide bonds. The molecule has 0 aliphatic rings. The summed E-state index contributed by atoms with van der Waals surface area (Å²) >= 11 is 2.73. The summed E-state index contributed by atoms with van der Waals surface area (Å²) in [5, 5.41) is 5.88. The number of carbonyl (C=O) groups is 1. The van der Waals surface area contributed by atoms with Crippen LogP contribution in [0.4, 0.5) is 10.1 Å². The molecule has 0 saturated heterocycles. The molecule has 3 rings (SSSR count). The van der Waals surface area contributed by atoms with Crippen LogP contribution in [0.3, 0.4) is 0 Å². The second-order valence-electron chi connectivity index (χ2n) is 6.93. The molecule has 0 atom stereocenters. The molecule has 0 bridgehead atoms. The first-order valence-corrected chi connectivity index (χ1v) is 11.8. The van der Waals surface area contributed by atoms with E-state index in [0.29, 0.717) is 21.9 Å². The van der Waals surface area contributed by atoms with Gasteiger partial charge in [-0.2, -0.15) is 0 Å². The SMILES string of the molecule is C=CN/C=C\c1c(-c2ccc(NC(=O)c3ccc(C)s3)cc2)cc(F)c(SNC)c1CC. The van der Waals surface area contributed by atoms with Gasteiger partial charge in [-0.1, -0.05) is 25.6 Å². The van der Waals surface area contributed by atoms with Crippen molar-refractivity contribution in [2.45, 2.75) is 25.2 Å². The Bertz CT molecular complexity index is 1140. The lowest BCUT2D eigenvalue weighted by molar-refractivity contribution is 0.103. The van der Waals surface area contributed by atoms with Crippen molar-refractivity contribution in [3.05, 3.63) is 88.1 Å². The van der Waals surface area contributed by atoms with Crippen LogP contribution in [0.25, 0.3) is 17.2 Å². The van der Waals surface area contributed by atoms with Crippen molar-refractivity contribution in [2.24, 2.45) is 0 Å². The van der Waals surface area contributed by atoms with Crippen molar-refractivity contribution in [2.75, 3.05) is 12.4 Å². The van der Waals surface area contributed by atoms with Gasteiger partial charge < -0.3 is 10.6 Å². The zero-order valence-corrected chi connectivity index (χ0v) is 19.9. The molecule has 0 radical (unpaired) electrons. The number of nitrogens with one attached hydrogen (secondary N) is 3. The number of carbonyl (C=O) groups excluding carboxylic acids is 1. The standard InChI is InChI=1S/C25H26FN3OS2/c1-5-19-20(13-14-28-6-2)21(15-22(26)24(19)32-27-4)17-8-10-18(11-9-17)29-25(30)23-12-7-16(3)31-23/h6-15,27-28H,2,5H2,1,3-4H3,(H,29,30)/b14-13-. The lowest BCUT2D eigenvalue weighted by Crippen LogP contribution is -2.09. The van der Waals surface area contributed by atoms with Gasteiger partial charge >= 0.3 is 0 Å². The van der Waals surface area contributed by atoms with E-state index < -0.39 is 0 Å². The Morgan fingerprint density at radius 2 is 1.97 bits per heavy atom. The average Bonchev–Trinajstić information content (AvgIpc) is 3.23. The van der Waals surface area contributed by atoms with Crippen LogP contribution in [0.15, 0.2) is 66.3 Å². The van der Waals surface area contributed by atoms with E-state index in [4.69, 9.17) is 0 Å². The molecule has 0 unspecified atom stereocenters. The van der Waals surface area contributed by atoms with E-state index in [2.05, 4.69) is 21.9 Å². The topological polar surface area (TPSA) is 53.2 Å². The van der Waals surface area contributed by atoms with Crippen molar-refractivity contribution < 1.29 is 9.18 Å². The smallest absolute Gasteiger partial charge is 0.265 e. The van der Waals surface area contributed by atoms with Crippen LogP contribution in [-0.2, 0) is 6.42 Å². The summed E-state index contributed by atoms with van der Waals surface area (Å²) in [7, 11) is 1.77. The first-order valence-electron chi connectivity index (χ1n) is 10.2. The molecule has 32 heavy (non-hydrogen) atoms. The van der Waals surface area contributed by atoms with Crippen LogP contribution in [0.1, 0.15) is 32.6 Å². The predicted molar refractivity (Wildman–Crippen MR) is 136 cm³/mol. The maximum absolute atomic E-state index is 15.0. The Hall–Kier alpha value is -2.87. The Kier molecular flexibility index (Phi) is 8.27. The third-order valence-corrected chi connectivity index (χ3v) is 6.67. The minimum Gasteiger partial charge on any atom is -0.368 e. The van der Waals surface area contributed by atoms with Crippen LogP contribution in [0, 0.1) is 12.7 Å². The molecule has 166 valence electrons. The third-order valence-electron chi connectivity index (χ3n) is 4.82. The van der Waals surface area contributed by atoms with E-state index in [1.165, 1.54) is 23.3 Å². The highest BCUT2D eigenvalue weighted by Crippen LogP contribution is 2.36. The average molecular weight is 468 g/mol. The predicted octanol–water partition coefficient (Wildman–Crippen LogP) is 6.61. The fraction of sp³-hybridized carbons (Fsp3) is 0.160. The minimum absolute atomic E-state index is 0.136. The zero-order valence-electron chi connectivity index (χ0n) is 18.3. The van der Waals surface area contributed by atoms with E-state index in [0.717, 1.165) is 27.1 Å². The van der Waals surface area contributed by atoms with E-state index in [9.17, 15) is 4.79 Å². The molecule has 3 N–H and O–H groups in total. The molecule has 0 fully saturated rings. The van der Waals surface area contributed by atoms with Gasteiger partial charge in [0.25, 0.3) is 5.91 Å². The molecule has 2 aromatic carbocycles. The number of benzene rings is 2. The van der Waals surface area contributed by atoms with E-state index >= 15 is 4.39 Å². The fourth-order valence-electron chi connectivity index (χ4n) is 3.37. The van der Waals surface area contributed by atoms with Crippen molar-refractivity contribution in [1.29, 1.82) is 0 Å². The van der Waals surface area contributed by atoms with E-state index in [-0.39, 0.29) is 11.7 Å². The summed E-state index contributed by atoms with van der Waals surface area (Å²) in [6, 6.07) is 12.8. The highest BCUT2D eigenvalue weighted by molar-refractivity contribution is 7.97. The summed E-state index contributed by atoms with van der Waals surface area (Å²) < 4.78 is 18.0. The molecule has 0 aliphatic carbocycles. The largest absolute Gasteiger partial charge is 0.368 e. The summed E-state index contributed by atoms with van der Waals surface area (Å²) in [4.78, 5) is 14.8. The Balaban J connectivity index is 1.97. The highest BCUT2D eigenvalue weighted by atomic mass is 32.2. The highest BCUT2D eigenvalue weighted by Gasteiger charge is 2.17. The van der Waals surface area contributed by atoms with Crippen LogP contribution >= 0.6 is 23.3 Å². The van der Waals surface area contributed by atoms with Gasteiger partial charge in [-0.15, -0.1) is 11.3 Å². The van der Waals surface area contributed by atoms with Crippen LogP contribution in [0.2, 0.25) is 0 Å². The molecule has 0 saturated carbocycles. The molecule has 1 aromatic heterocycles. The summed E-state index contributed by atoms with van der Waals surface area (Å²) in [5.41, 5.74) is 4.20. The Morgan fingerprint density at radius 3 is 2.56 bits per heavy atom. The fourth-order valence-corrected chi connectivity index (χ4v) is 4.87. The first kappa shape index (κ1) is 23.8. The number of amides is 1. The third kappa shape index (κ3) is 5.48. The molecular formula is C25H26FN3OS2. The van der Waals surface area contributed by atoms with Crippen LogP contribution < -0.4 is 15.4 Å². The van der Waals surface area contributed by atoms with Gasteiger partial charge in [0, 0.05) is 16.8 Å². The molecule has 0 aliphatic heterocycles. The van der Waals surface area contributed by atoms with Gasteiger partial charge in [0.1, 0.15) is 5.82 Å².